The van der Waals surface area contributed by atoms with E-state index in [-0.39, 0.29) is 0 Å². The Hall–Kier alpha value is -1.05. The molecule has 0 aromatic carbocycles. The number of rotatable bonds is 6. The molecule has 1 aromatic heterocycles. The molecule has 2 heteroatoms. The van der Waals surface area contributed by atoms with Gasteiger partial charge in [0, 0.05) is 6.07 Å². The van der Waals surface area contributed by atoms with E-state index in [1.807, 2.05) is 6.07 Å². The van der Waals surface area contributed by atoms with E-state index >= 15 is 0 Å². The molecule has 2 nitrogen and oxygen atoms in total. The standard InChI is InChI=1S/C11H17NO/c1-3-5-6-7-8-10-9-11(4-2)13-12-10/h4,9H,2-3,5-8H2,1H3. The maximum Gasteiger partial charge on any atom is 0.159 e. The Morgan fingerprint density at radius 3 is 2.92 bits per heavy atom. The van der Waals surface area contributed by atoms with Crippen molar-refractivity contribution in [3.63, 3.8) is 0 Å². The van der Waals surface area contributed by atoms with Crippen molar-refractivity contribution < 1.29 is 4.52 Å². The molecule has 0 fully saturated rings. The summed E-state index contributed by atoms with van der Waals surface area (Å²) in [6.45, 7) is 5.83. The first-order valence-electron chi connectivity index (χ1n) is 4.95. The van der Waals surface area contributed by atoms with Crippen LogP contribution in [-0.4, -0.2) is 5.16 Å². The molecule has 13 heavy (non-hydrogen) atoms. The van der Waals surface area contributed by atoms with Gasteiger partial charge in [-0.05, 0) is 18.9 Å². The van der Waals surface area contributed by atoms with Gasteiger partial charge in [0.1, 0.15) is 0 Å². The highest BCUT2D eigenvalue weighted by Gasteiger charge is 1.99. The quantitative estimate of drug-likeness (QED) is 0.625. The van der Waals surface area contributed by atoms with Crippen molar-refractivity contribution in [2.24, 2.45) is 0 Å². The van der Waals surface area contributed by atoms with Gasteiger partial charge in [0.05, 0.1) is 5.69 Å². The summed E-state index contributed by atoms with van der Waals surface area (Å²) >= 11 is 0. The lowest BCUT2D eigenvalue weighted by Gasteiger charge is -1.94. The number of nitrogens with zero attached hydrogens (tertiary/aromatic N) is 1. The van der Waals surface area contributed by atoms with Crippen LogP contribution in [0.3, 0.4) is 0 Å². The first-order valence-corrected chi connectivity index (χ1v) is 4.95. The average Bonchev–Trinajstić information content (AvgIpc) is 2.60. The van der Waals surface area contributed by atoms with E-state index in [4.69, 9.17) is 4.52 Å². The minimum atomic E-state index is 0.769. The van der Waals surface area contributed by atoms with E-state index in [1.165, 1.54) is 25.7 Å². The van der Waals surface area contributed by atoms with E-state index in [9.17, 15) is 0 Å². The van der Waals surface area contributed by atoms with Crippen LogP contribution in [0.2, 0.25) is 0 Å². The lowest BCUT2D eigenvalue weighted by molar-refractivity contribution is 0.404. The first-order chi connectivity index (χ1) is 6.36. The second-order valence-electron chi connectivity index (χ2n) is 3.24. The maximum atomic E-state index is 5.00. The van der Waals surface area contributed by atoms with Crippen molar-refractivity contribution in [2.75, 3.05) is 0 Å². The minimum absolute atomic E-state index is 0.769. The third-order valence-electron chi connectivity index (χ3n) is 2.06. The zero-order chi connectivity index (χ0) is 9.52. The molecule has 0 aliphatic carbocycles. The van der Waals surface area contributed by atoms with Gasteiger partial charge in [-0.25, -0.2) is 0 Å². The minimum Gasteiger partial charge on any atom is -0.357 e. The predicted octanol–water partition coefficient (Wildman–Crippen LogP) is 3.44. The van der Waals surface area contributed by atoms with Gasteiger partial charge in [0.15, 0.2) is 5.76 Å². The van der Waals surface area contributed by atoms with Gasteiger partial charge in [-0.3, -0.25) is 0 Å². The normalized spacial score (nSPS) is 10.2. The summed E-state index contributed by atoms with van der Waals surface area (Å²) in [5.74, 6) is 0.769. The molecule has 0 spiro atoms. The number of aromatic nitrogens is 1. The zero-order valence-electron chi connectivity index (χ0n) is 8.25. The van der Waals surface area contributed by atoms with Gasteiger partial charge >= 0.3 is 0 Å². The lowest BCUT2D eigenvalue weighted by Crippen LogP contribution is -1.84. The molecule has 0 bridgehead atoms. The summed E-state index contributed by atoms with van der Waals surface area (Å²) in [5.41, 5.74) is 1.05. The van der Waals surface area contributed by atoms with Crippen LogP contribution in [0.1, 0.15) is 44.1 Å². The molecule has 0 aliphatic heterocycles. The third-order valence-corrected chi connectivity index (χ3v) is 2.06. The van der Waals surface area contributed by atoms with Crippen molar-refractivity contribution in [2.45, 2.75) is 39.0 Å². The topological polar surface area (TPSA) is 26.0 Å². The van der Waals surface area contributed by atoms with Crippen LogP contribution in [0.25, 0.3) is 6.08 Å². The van der Waals surface area contributed by atoms with Crippen LogP contribution in [-0.2, 0) is 6.42 Å². The van der Waals surface area contributed by atoms with Crippen LogP contribution in [0.15, 0.2) is 17.2 Å². The summed E-state index contributed by atoms with van der Waals surface area (Å²) < 4.78 is 5.00. The summed E-state index contributed by atoms with van der Waals surface area (Å²) in [5, 5.41) is 3.94. The van der Waals surface area contributed by atoms with Crippen LogP contribution < -0.4 is 0 Å². The fraction of sp³-hybridized carbons (Fsp3) is 0.545. The molecule has 0 atom stereocenters. The first kappa shape index (κ1) is 10.0. The van der Waals surface area contributed by atoms with Gasteiger partial charge in [0.25, 0.3) is 0 Å². The smallest absolute Gasteiger partial charge is 0.159 e. The molecular formula is C11H17NO. The van der Waals surface area contributed by atoms with Gasteiger partial charge in [-0.15, -0.1) is 0 Å². The van der Waals surface area contributed by atoms with Crippen LogP contribution in [0, 0.1) is 0 Å². The predicted molar refractivity (Wildman–Crippen MR) is 54.4 cm³/mol. The Kier molecular flexibility index (Phi) is 4.30. The van der Waals surface area contributed by atoms with Crippen molar-refractivity contribution in [3.8, 4) is 0 Å². The SMILES string of the molecule is C=Cc1cc(CCCCCC)no1. The fourth-order valence-corrected chi connectivity index (χ4v) is 1.28. The highest BCUT2D eigenvalue weighted by atomic mass is 16.5. The monoisotopic (exact) mass is 179 g/mol. The van der Waals surface area contributed by atoms with Crippen LogP contribution in [0.5, 0.6) is 0 Å². The number of hydrogen-bond acceptors (Lipinski definition) is 2. The number of unbranched alkanes of at least 4 members (excludes halogenated alkanes) is 3. The Labute approximate surface area is 79.6 Å². The van der Waals surface area contributed by atoms with Crippen LogP contribution >= 0.6 is 0 Å². The van der Waals surface area contributed by atoms with E-state index in [2.05, 4.69) is 18.7 Å². The second kappa shape index (κ2) is 5.57. The van der Waals surface area contributed by atoms with Crippen molar-refractivity contribution in [1.29, 1.82) is 0 Å². The molecule has 0 amide bonds. The van der Waals surface area contributed by atoms with Gasteiger partial charge < -0.3 is 4.52 Å². The van der Waals surface area contributed by atoms with Gasteiger partial charge in [0.2, 0.25) is 0 Å². The molecule has 72 valence electrons. The maximum absolute atomic E-state index is 5.00. The van der Waals surface area contributed by atoms with E-state index in [0.29, 0.717) is 0 Å². The Bertz CT molecular complexity index is 252. The third kappa shape index (κ3) is 3.45. The largest absolute Gasteiger partial charge is 0.357 e. The molecule has 0 saturated carbocycles. The van der Waals surface area contributed by atoms with Crippen molar-refractivity contribution in [3.05, 3.63) is 24.1 Å². The molecule has 0 radical (unpaired) electrons. The summed E-state index contributed by atoms with van der Waals surface area (Å²) in [7, 11) is 0. The number of aryl methyl sites for hydroxylation is 1. The average molecular weight is 179 g/mol. The molecule has 1 heterocycles. The Balaban J connectivity index is 2.24. The highest BCUT2D eigenvalue weighted by molar-refractivity contribution is 5.39. The Morgan fingerprint density at radius 1 is 1.46 bits per heavy atom. The number of hydrogen-bond donors (Lipinski definition) is 0. The molecule has 1 aromatic rings. The molecule has 1 rings (SSSR count). The summed E-state index contributed by atoms with van der Waals surface area (Å²) in [6.07, 6.45) is 7.78. The summed E-state index contributed by atoms with van der Waals surface area (Å²) in [6, 6.07) is 1.96. The molecule has 0 unspecified atom stereocenters. The van der Waals surface area contributed by atoms with Crippen molar-refractivity contribution in [1.82, 2.24) is 5.16 Å². The highest BCUT2D eigenvalue weighted by Crippen LogP contribution is 2.09. The molecule has 0 N–H and O–H groups in total. The van der Waals surface area contributed by atoms with Crippen LogP contribution in [0.4, 0.5) is 0 Å². The molecule has 0 saturated heterocycles. The lowest BCUT2D eigenvalue weighted by atomic mass is 10.1. The van der Waals surface area contributed by atoms with Gasteiger partial charge in [-0.2, -0.15) is 0 Å². The van der Waals surface area contributed by atoms with E-state index in [0.717, 1.165) is 17.9 Å². The zero-order valence-corrected chi connectivity index (χ0v) is 8.25. The van der Waals surface area contributed by atoms with E-state index in [1.54, 1.807) is 6.08 Å². The fourth-order valence-electron chi connectivity index (χ4n) is 1.28. The Morgan fingerprint density at radius 2 is 2.31 bits per heavy atom. The van der Waals surface area contributed by atoms with Crippen molar-refractivity contribution >= 4 is 6.08 Å². The molecular weight excluding hydrogens is 162 g/mol. The summed E-state index contributed by atoms with van der Waals surface area (Å²) in [4.78, 5) is 0. The second-order valence-corrected chi connectivity index (χ2v) is 3.24. The van der Waals surface area contributed by atoms with Gasteiger partial charge in [-0.1, -0.05) is 37.9 Å². The van der Waals surface area contributed by atoms with E-state index < -0.39 is 0 Å². The molecule has 0 aliphatic rings.